The van der Waals surface area contributed by atoms with Gasteiger partial charge in [-0.15, -0.1) is 0 Å². The standard InChI is InChI=1S/C14H19NO/c1-2-4-11(5-3-1)14-13(6-8-15-14)12-7-9-16-10-12/h1-5,12-15H,6-10H2. The van der Waals surface area contributed by atoms with E-state index in [2.05, 4.69) is 35.6 Å². The average Bonchev–Trinajstić information content (AvgIpc) is 3.01. The van der Waals surface area contributed by atoms with Crippen LogP contribution >= 0.6 is 0 Å². The smallest absolute Gasteiger partial charge is 0.0498 e. The summed E-state index contributed by atoms with van der Waals surface area (Å²) in [6.45, 7) is 3.08. The Morgan fingerprint density at radius 1 is 1.12 bits per heavy atom. The first-order valence-corrected chi connectivity index (χ1v) is 6.31. The van der Waals surface area contributed by atoms with Crippen molar-refractivity contribution in [3.8, 4) is 0 Å². The molecule has 2 heterocycles. The van der Waals surface area contributed by atoms with Gasteiger partial charge in [-0.1, -0.05) is 30.3 Å². The Labute approximate surface area is 97.0 Å². The van der Waals surface area contributed by atoms with Crippen LogP contribution in [0.3, 0.4) is 0 Å². The van der Waals surface area contributed by atoms with E-state index in [1.165, 1.54) is 18.4 Å². The van der Waals surface area contributed by atoms with Gasteiger partial charge in [0.2, 0.25) is 0 Å². The van der Waals surface area contributed by atoms with Gasteiger partial charge in [0, 0.05) is 19.3 Å². The van der Waals surface area contributed by atoms with Gasteiger partial charge in [0.15, 0.2) is 0 Å². The van der Waals surface area contributed by atoms with E-state index < -0.39 is 0 Å². The molecule has 16 heavy (non-hydrogen) atoms. The minimum Gasteiger partial charge on any atom is -0.381 e. The summed E-state index contributed by atoms with van der Waals surface area (Å²) in [6, 6.07) is 11.4. The van der Waals surface area contributed by atoms with E-state index in [0.717, 1.165) is 31.6 Å². The molecular formula is C14H19NO. The van der Waals surface area contributed by atoms with Crippen LogP contribution < -0.4 is 5.32 Å². The Balaban J connectivity index is 1.78. The Hall–Kier alpha value is -0.860. The summed E-state index contributed by atoms with van der Waals surface area (Å²) in [6.07, 6.45) is 2.54. The topological polar surface area (TPSA) is 21.3 Å². The molecule has 1 aromatic carbocycles. The Morgan fingerprint density at radius 3 is 2.75 bits per heavy atom. The molecule has 3 rings (SSSR count). The molecule has 0 aromatic heterocycles. The molecule has 0 saturated carbocycles. The largest absolute Gasteiger partial charge is 0.381 e. The van der Waals surface area contributed by atoms with E-state index in [0.29, 0.717) is 6.04 Å². The van der Waals surface area contributed by atoms with Crippen LogP contribution in [0.15, 0.2) is 30.3 Å². The third-order valence-corrected chi connectivity index (χ3v) is 4.00. The maximum atomic E-state index is 5.53. The number of ether oxygens (including phenoxy) is 1. The van der Waals surface area contributed by atoms with Crippen molar-refractivity contribution in [1.29, 1.82) is 0 Å². The van der Waals surface area contributed by atoms with E-state index in [4.69, 9.17) is 4.74 Å². The number of nitrogens with one attached hydrogen (secondary N) is 1. The molecule has 2 saturated heterocycles. The van der Waals surface area contributed by atoms with Crippen molar-refractivity contribution >= 4 is 0 Å². The van der Waals surface area contributed by atoms with Crippen LogP contribution in [0.5, 0.6) is 0 Å². The van der Waals surface area contributed by atoms with Crippen molar-refractivity contribution in [2.45, 2.75) is 18.9 Å². The van der Waals surface area contributed by atoms with Crippen LogP contribution in [0, 0.1) is 11.8 Å². The second-order valence-corrected chi connectivity index (χ2v) is 4.92. The zero-order chi connectivity index (χ0) is 10.8. The molecule has 86 valence electrons. The predicted molar refractivity (Wildman–Crippen MR) is 64.2 cm³/mol. The minimum atomic E-state index is 0.549. The van der Waals surface area contributed by atoms with E-state index in [9.17, 15) is 0 Å². The van der Waals surface area contributed by atoms with Crippen LogP contribution in [0.4, 0.5) is 0 Å². The second-order valence-electron chi connectivity index (χ2n) is 4.92. The van der Waals surface area contributed by atoms with Crippen LogP contribution in [0.1, 0.15) is 24.4 Å². The van der Waals surface area contributed by atoms with Gasteiger partial charge in [0.1, 0.15) is 0 Å². The minimum absolute atomic E-state index is 0.549. The van der Waals surface area contributed by atoms with Crippen molar-refractivity contribution in [3.05, 3.63) is 35.9 Å². The van der Waals surface area contributed by atoms with Crippen molar-refractivity contribution in [1.82, 2.24) is 5.32 Å². The molecule has 2 fully saturated rings. The van der Waals surface area contributed by atoms with Gasteiger partial charge in [0.25, 0.3) is 0 Å². The van der Waals surface area contributed by atoms with Crippen molar-refractivity contribution in [2.75, 3.05) is 19.8 Å². The lowest BCUT2D eigenvalue weighted by atomic mass is 9.83. The zero-order valence-electron chi connectivity index (χ0n) is 9.56. The summed E-state index contributed by atoms with van der Waals surface area (Å²) >= 11 is 0. The van der Waals surface area contributed by atoms with Gasteiger partial charge in [-0.3, -0.25) is 0 Å². The molecule has 0 amide bonds. The Kier molecular flexibility index (Phi) is 2.94. The number of benzene rings is 1. The fourth-order valence-electron chi connectivity index (χ4n) is 3.15. The molecule has 2 aliphatic rings. The lowest BCUT2D eigenvalue weighted by Gasteiger charge is -2.24. The van der Waals surface area contributed by atoms with Crippen LogP contribution in [0.25, 0.3) is 0 Å². The first kappa shape index (κ1) is 10.3. The normalized spacial score (nSPS) is 34.4. The van der Waals surface area contributed by atoms with Crippen molar-refractivity contribution < 1.29 is 4.74 Å². The molecule has 3 atom stereocenters. The molecule has 0 radical (unpaired) electrons. The van der Waals surface area contributed by atoms with E-state index in [1.807, 2.05) is 0 Å². The number of hydrogen-bond donors (Lipinski definition) is 1. The summed E-state index contributed by atoms with van der Waals surface area (Å²) in [7, 11) is 0. The lowest BCUT2D eigenvalue weighted by molar-refractivity contribution is 0.168. The monoisotopic (exact) mass is 217 g/mol. The maximum absolute atomic E-state index is 5.53. The van der Waals surface area contributed by atoms with E-state index in [-0.39, 0.29) is 0 Å². The van der Waals surface area contributed by atoms with E-state index >= 15 is 0 Å². The molecule has 0 bridgehead atoms. The maximum Gasteiger partial charge on any atom is 0.0498 e. The summed E-state index contributed by atoms with van der Waals surface area (Å²) in [4.78, 5) is 0. The van der Waals surface area contributed by atoms with Crippen LogP contribution in [-0.2, 0) is 4.74 Å². The van der Waals surface area contributed by atoms with Gasteiger partial charge in [0.05, 0.1) is 0 Å². The van der Waals surface area contributed by atoms with Gasteiger partial charge in [-0.25, -0.2) is 0 Å². The third-order valence-electron chi connectivity index (χ3n) is 4.00. The van der Waals surface area contributed by atoms with Crippen LogP contribution in [-0.4, -0.2) is 19.8 Å². The molecular weight excluding hydrogens is 198 g/mol. The highest BCUT2D eigenvalue weighted by Crippen LogP contribution is 2.38. The van der Waals surface area contributed by atoms with Crippen molar-refractivity contribution in [2.24, 2.45) is 11.8 Å². The van der Waals surface area contributed by atoms with Crippen molar-refractivity contribution in [3.63, 3.8) is 0 Å². The Bertz CT molecular complexity index is 332. The fourth-order valence-corrected chi connectivity index (χ4v) is 3.15. The summed E-state index contributed by atoms with van der Waals surface area (Å²) < 4.78 is 5.53. The predicted octanol–water partition coefficient (Wildman–Crippen LogP) is 2.37. The summed E-state index contributed by atoms with van der Waals surface area (Å²) in [5, 5.41) is 3.64. The molecule has 3 unspecified atom stereocenters. The summed E-state index contributed by atoms with van der Waals surface area (Å²) in [5.41, 5.74) is 1.44. The molecule has 0 spiro atoms. The highest BCUT2D eigenvalue weighted by Gasteiger charge is 2.35. The van der Waals surface area contributed by atoms with Gasteiger partial charge in [-0.2, -0.15) is 0 Å². The first-order chi connectivity index (χ1) is 7.95. The summed E-state index contributed by atoms with van der Waals surface area (Å²) in [5.74, 6) is 1.53. The number of rotatable bonds is 2. The highest BCUT2D eigenvalue weighted by atomic mass is 16.5. The molecule has 2 aliphatic heterocycles. The molecule has 2 nitrogen and oxygen atoms in total. The molecule has 2 heteroatoms. The third kappa shape index (κ3) is 1.87. The SMILES string of the molecule is c1ccc(C2NCCC2C2CCOC2)cc1. The highest BCUT2D eigenvalue weighted by molar-refractivity contribution is 5.21. The number of hydrogen-bond acceptors (Lipinski definition) is 2. The average molecular weight is 217 g/mol. The zero-order valence-corrected chi connectivity index (χ0v) is 9.56. The van der Waals surface area contributed by atoms with E-state index in [1.54, 1.807) is 0 Å². The Morgan fingerprint density at radius 2 is 2.00 bits per heavy atom. The van der Waals surface area contributed by atoms with Crippen LogP contribution in [0.2, 0.25) is 0 Å². The van der Waals surface area contributed by atoms with Gasteiger partial charge >= 0.3 is 0 Å². The molecule has 1 aromatic rings. The second kappa shape index (κ2) is 4.56. The lowest BCUT2D eigenvalue weighted by Crippen LogP contribution is -2.23. The van der Waals surface area contributed by atoms with Gasteiger partial charge < -0.3 is 10.1 Å². The molecule has 1 N–H and O–H groups in total. The first-order valence-electron chi connectivity index (χ1n) is 6.31. The molecule has 0 aliphatic carbocycles. The van der Waals surface area contributed by atoms with Gasteiger partial charge in [-0.05, 0) is 36.8 Å². The quantitative estimate of drug-likeness (QED) is 0.821. The fraction of sp³-hybridized carbons (Fsp3) is 0.571.